The van der Waals surface area contributed by atoms with Crippen LogP contribution in [0.15, 0.2) is 64.8 Å². The fourth-order valence-electron chi connectivity index (χ4n) is 3.88. The molecule has 0 bridgehead atoms. The second kappa shape index (κ2) is 14.0. The van der Waals surface area contributed by atoms with Crippen LogP contribution in [0.2, 0.25) is 0 Å². The summed E-state index contributed by atoms with van der Waals surface area (Å²) in [7, 11) is 0. The van der Waals surface area contributed by atoms with Gasteiger partial charge >= 0.3 is 6.09 Å². The van der Waals surface area contributed by atoms with Gasteiger partial charge < -0.3 is 20.2 Å². The lowest BCUT2D eigenvalue weighted by molar-refractivity contribution is -0.137. The highest BCUT2D eigenvalue weighted by Gasteiger charge is 2.33. The number of rotatable bonds is 11. The van der Waals surface area contributed by atoms with Crippen LogP contribution >= 0.6 is 0 Å². The minimum atomic E-state index is -0.952. The first-order chi connectivity index (χ1) is 17.9. The van der Waals surface area contributed by atoms with Crippen LogP contribution in [0.3, 0.4) is 0 Å². The average molecular weight is 508 g/mol. The lowest BCUT2D eigenvalue weighted by atomic mass is 10.0. The van der Waals surface area contributed by atoms with Crippen molar-refractivity contribution in [1.29, 1.82) is 0 Å². The Morgan fingerprint density at radius 1 is 1.08 bits per heavy atom. The van der Waals surface area contributed by atoms with Crippen molar-refractivity contribution in [3.05, 3.63) is 60.2 Å². The molecule has 0 unspecified atom stereocenters. The SMILES string of the molecule is CC(C)C[C@H](NC(=O)[C@@H]1CCCN1)C(=O)N(CC=O)C(=O)OCc1ccc(N=Nc2ccccc2)cc1. The molecule has 0 spiro atoms. The predicted molar refractivity (Wildman–Crippen MR) is 137 cm³/mol. The number of aldehydes is 1. The zero-order chi connectivity index (χ0) is 26.6. The van der Waals surface area contributed by atoms with Crippen LogP contribution in [0.5, 0.6) is 0 Å². The van der Waals surface area contributed by atoms with Gasteiger partial charge in [-0.15, -0.1) is 0 Å². The fraction of sp³-hybridized carbons (Fsp3) is 0.407. The summed E-state index contributed by atoms with van der Waals surface area (Å²) in [5.74, 6) is -0.897. The minimum Gasteiger partial charge on any atom is -0.444 e. The van der Waals surface area contributed by atoms with Gasteiger partial charge in [0.05, 0.1) is 24.0 Å². The smallest absolute Gasteiger partial charge is 0.417 e. The van der Waals surface area contributed by atoms with Gasteiger partial charge in [0.2, 0.25) is 5.91 Å². The number of nitrogens with one attached hydrogen (secondary N) is 2. The number of carbonyl (C=O) groups excluding carboxylic acids is 4. The minimum absolute atomic E-state index is 0.0671. The number of benzene rings is 2. The molecule has 1 saturated heterocycles. The Labute approximate surface area is 216 Å². The van der Waals surface area contributed by atoms with E-state index in [0.29, 0.717) is 30.4 Å². The molecular formula is C27H33N5O5. The van der Waals surface area contributed by atoms with Crippen molar-refractivity contribution >= 4 is 35.6 Å². The monoisotopic (exact) mass is 507 g/mol. The number of imide groups is 1. The van der Waals surface area contributed by atoms with Crippen molar-refractivity contribution in [2.24, 2.45) is 16.1 Å². The number of hydrogen-bond acceptors (Lipinski definition) is 8. The molecular weight excluding hydrogens is 474 g/mol. The third-order valence-electron chi connectivity index (χ3n) is 5.78. The van der Waals surface area contributed by atoms with Crippen LogP contribution in [-0.4, -0.2) is 54.3 Å². The molecule has 0 aliphatic carbocycles. The number of azo groups is 1. The second-order valence-electron chi connectivity index (χ2n) is 9.21. The fourth-order valence-corrected chi connectivity index (χ4v) is 3.88. The Morgan fingerprint density at radius 3 is 2.35 bits per heavy atom. The van der Waals surface area contributed by atoms with Gasteiger partial charge in [0.25, 0.3) is 5.91 Å². The first-order valence-corrected chi connectivity index (χ1v) is 12.4. The van der Waals surface area contributed by atoms with Crippen molar-refractivity contribution in [2.75, 3.05) is 13.1 Å². The Hall–Kier alpha value is -3.92. The summed E-state index contributed by atoms with van der Waals surface area (Å²) in [6.45, 7) is 3.98. The van der Waals surface area contributed by atoms with Crippen molar-refractivity contribution in [2.45, 2.75) is 51.8 Å². The van der Waals surface area contributed by atoms with E-state index in [1.54, 1.807) is 24.3 Å². The molecule has 0 aromatic heterocycles. The average Bonchev–Trinajstić information content (AvgIpc) is 3.45. The van der Waals surface area contributed by atoms with E-state index in [4.69, 9.17) is 4.74 Å². The highest BCUT2D eigenvalue weighted by molar-refractivity contribution is 5.98. The Bertz CT molecular complexity index is 1080. The van der Waals surface area contributed by atoms with Crippen LogP contribution in [0, 0.1) is 5.92 Å². The van der Waals surface area contributed by atoms with Crippen LogP contribution in [0.1, 0.15) is 38.7 Å². The predicted octanol–water partition coefficient (Wildman–Crippen LogP) is 4.05. The van der Waals surface area contributed by atoms with Gasteiger partial charge in [0.1, 0.15) is 18.9 Å². The third-order valence-corrected chi connectivity index (χ3v) is 5.78. The highest BCUT2D eigenvalue weighted by atomic mass is 16.6. The summed E-state index contributed by atoms with van der Waals surface area (Å²) in [5.41, 5.74) is 2.03. The molecule has 3 amide bonds. The molecule has 0 radical (unpaired) electrons. The molecule has 10 heteroatoms. The van der Waals surface area contributed by atoms with Gasteiger partial charge in [0.15, 0.2) is 0 Å². The molecule has 10 nitrogen and oxygen atoms in total. The zero-order valence-corrected chi connectivity index (χ0v) is 21.1. The van der Waals surface area contributed by atoms with Crippen LogP contribution in [-0.2, 0) is 25.7 Å². The van der Waals surface area contributed by atoms with E-state index in [1.165, 1.54) is 0 Å². The largest absolute Gasteiger partial charge is 0.444 e. The van der Waals surface area contributed by atoms with Crippen molar-refractivity contribution < 1.29 is 23.9 Å². The summed E-state index contributed by atoms with van der Waals surface area (Å²) in [4.78, 5) is 50.6. The third kappa shape index (κ3) is 8.60. The Kier molecular flexibility index (Phi) is 10.5. The number of carbonyl (C=O) groups is 4. The van der Waals surface area contributed by atoms with Gasteiger partial charge in [0, 0.05) is 0 Å². The summed E-state index contributed by atoms with van der Waals surface area (Å²) in [5, 5.41) is 14.2. The first-order valence-electron chi connectivity index (χ1n) is 12.4. The number of nitrogens with zero attached hydrogens (tertiary/aromatic N) is 3. The van der Waals surface area contributed by atoms with Crippen LogP contribution < -0.4 is 10.6 Å². The molecule has 2 aromatic rings. The van der Waals surface area contributed by atoms with Gasteiger partial charge in [-0.05, 0) is 61.6 Å². The van der Waals surface area contributed by atoms with E-state index in [1.807, 2.05) is 44.2 Å². The van der Waals surface area contributed by atoms with E-state index in [0.717, 1.165) is 23.6 Å². The van der Waals surface area contributed by atoms with Gasteiger partial charge in [-0.3, -0.25) is 9.59 Å². The first kappa shape index (κ1) is 27.7. The van der Waals surface area contributed by atoms with Crippen molar-refractivity contribution in [3.63, 3.8) is 0 Å². The molecule has 0 saturated carbocycles. The quantitative estimate of drug-likeness (QED) is 0.349. The van der Waals surface area contributed by atoms with Crippen LogP contribution in [0.4, 0.5) is 16.2 Å². The van der Waals surface area contributed by atoms with E-state index in [2.05, 4.69) is 20.9 Å². The molecule has 2 atom stereocenters. The Morgan fingerprint density at radius 2 is 1.76 bits per heavy atom. The molecule has 2 aromatic carbocycles. The molecule has 1 aliphatic rings. The topological polar surface area (TPSA) is 130 Å². The van der Waals surface area contributed by atoms with E-state index in [9.17, 15) is 19.2 Å². The summed E-state index contributed by atoms with van der Waals surface area (Å²) in [6, 6.07) is 14.9. The maximum Gasteiger partial charge on any atom is 0.417 e. The number of hydrogen-bond donors (Lipinski definition) is 2. The molecule has 3 rings (SSSR count). The van der Waals surface area contributed by atoms with E-state index >= 15 is 0 Å². The molecule has 2 N–H and O–H groups in total. The molecule has 1 fully saturated rings. The highest BCUT2D eigenvalue weighted by Crippen LogP contribution is 2.19. The maximum atomic E-state index is 13.2. The molecule has 37 heavy (non-hydrogen) atoms. The van der Waals surface area contributed by atoms with E-state index in [-0.39, 0.29) is 24.5 Å². The summed E-state index contributed by atoms with van der Waals surface area (Å²) in [6.07, 6.45) is 1.38. The molecule has 196 valence electrons. The normalized spacial score (nSPS) is 15.9. The van der Waals surface area contributed by atoms with Crippen molar-refractivity contribution in [3.8, 4) is 0 Å². The second-order valence-corrected chi connectivity index (χ2v) is 9.21. The summed E-state index contributed by atoms with van der Waals surface area (Å²) < 4.78 is 5.32. The maximum absolute atomic E-state index is 13.2. The standard InChI is InChI=1S/C27H33N5O5/c1-19(2)17-24(29-25(34)23-9-6-14-28-23)26(35)32(15-16-33)27(36)37-18-20-10-12-22(13-11-20)31-30-21-7-4-3-5-8-21/h3-5,7-8,10-13,16,19,23-24,28H,6,9,14-15,17-18H2,1-2H3,(H,29,34)/t23-,24-/m0/s1. The molecule has 1 aliphatic heterocycles. The number of amides is 3. The lowest BCUT2D eigenvalue weighted by Gasteiger charge is -2.26. The van der Waals surface area contributed by atoms with Gasteiger partial charge in [-0.2, -0.15) is 10.2 Å². The number of ether oxygens (including phenoxy) is 1. The summed E-state index contributed by atoms with van der Waals surface area (Å²) >= 11 is 0. The zero-order valence-electron chi connectivity index (χ0n) is 21.1. The van der Waals surface area contributed by atoms with E-state index < -0.39 is 24.6 Å². The Balaban J connectivity index is 1.60. The van der Waals surface area contributed by atoms with Gasteiger partial charge in [-0.1, -0.05) is 44.2 Å². The molecule has 1 heterocycles. The lowest BCUT2D eigenvalue weighted by Crippen LogP contribution is -2.54. The van der Waals surface area contributed by atoms with Gasteiger partial charge in [-0.25, -0.2) is 9.69 Å². The van der Waals surface area contributed by atoms with Crippen LogP contribution in [0.25, 0.3) is 0 Å². The van der Waals surface area contributed by atoms with Crippen molar-refractivity contribution in [1.82, 2.24) is 15.5 Å².